The molecule has 1 unspecified atom stereocenters. The maximum absolute atomic E-state index is 12.5. The number of hydrogen-bond donors (Lipinski definition) is 2. The molecule has 2 aliphatic rings. The van der Waals surface area contributed by atoms with E-state index in [1.807, 2.05) is 27.8 Å². The van der Waals surface area contributed by atoms with Crippen molar-refractivity contribution in [2.45, 2.75) is 50.6 Å². The van der Waals surface area contributed by atoms with Gasteiger partial charge in [0, 0.05) is 31.5 Å². The van der Waals surface area contributed by atoms with Crippen LogP contribution in [0.25, 0.3) is 10.9 Å². The van der Waals surface area contributed by atoms with Crippen LogP contribution in [-0.2, 0) is 4.79 Å². The summed E-state index contributed by atoms with van der Waals surface area (Å²) >= 11 is 0. The van der Waals surface area contributed by atoms with Crippen molar-refractivity contribution in [3.63, 3.8) is 0 Å². The van der Waals surface area contributed by atoms with Crippen LogP contribution in [0.5, 0.6) is 5.88 Å². The summed E-state index contributed by atoms with van der Waals surface area (Å²) in [6, 6.07) is 3.61. The number of carbonyl (C=O) groups is 1. The van der Waals surface area contributed by atoms with Crippen LogP contribution < -0.4 is 5.73 Å². The highest BCUT2D eigenvalue weighted by atomic mass is 16.3. The van der Waals surface area contributed by atoms with Gasteiger partial charge in [0.15, 0.2) is 0 Å². The maximum atomic E-state index is 12.5. The lowest BCUT2D eigenvalue weighted by Gasteiger charge is -2.33. The summed E-state index contributed by atoms with van der Waals surface area (Å²) in [6.45, 7) is 1.72. The highest BCUT2D eigenvalue weighted by Crippen LogP contribution is 2.38. The minimum Gasteiger partial charge on any atom is -0.494 e. The molecule has 134 valence electrons. The van der Waals surface area contributed by atoms with Gasteiger partial charge in [-0.15, -0.1) is 0 Å². The van der Waals surface area contributed by atoms with Crippen molar-refractivity contribution in [2.75, 3.05) is 13.1 Å². The van der Waals surface area contributed by atoms with Crippen molar-refractivity contribution in [3.05, 3.63) is 24.5 Å². The minimum atomic E-state index is -0.377. The van der Waals surface area contributed by atoms with Crippen LogP contribution in [0.1, 0.15) is 44.6 Å². The molecule has 0 aromatic carbocycles. The van der Waals surface area contributed by atoms with Crippen LogP contribution in [0.2, 0.25) is 0 Å². The van der Waals surface area contributed by atoms with Crippen molar-refractivity contribution >= 4 is 16.8 Å². The molecule has 1 atom stereocenters. The van der Waals surface area contributed by atoms with Crippen LogP contribution in [0.3, 0.4) is 0 Å². The van der Waals surface area contributed by atoms with Gasteiger partial charge >= 0.3 is 0 Å². The van der Waals surface area contributed by atoms with E-state index in [2.05, 4.69) is 4.98 Å². The zero-order valence-electron chi connectivity index (χ0n) is 14.5. The number of hydrogen-bond acceptors (Lipinski definition) is 4. The molecule has 0 radical (unpaired) electrons. The quantitative estimate of drug-likeness (QED) is 0.897. The van der Waals surface area contributed by atoms with Crippen molar-refractivity contribution in [1.29, 1.82) is 0 Å². The first-order valence-corrected chi connectivity index (χ1v) is 9.34. The number of amides is 1. The summed E-state index contributed by atoms with van der Waals surface area (Å²) in [6.07, 6.45) is 9.58. The smallest absolute Gasteiger partial charge is 0.239 e. The predicted octanol–water partition coefficient (Wildman–Crippen LogP) is 2.42. The second-order valence-corrected chi connectivity index (χ2v) is 7.42. The summed E-state index contributed by atoms with van der Waals surface area (Å²) in [5, 5.41) is 11.3. The van der Waals surface area contributed by atoms with E-state index in [1.165, 1.54) is 0 Å². The van der Waals surface area contributed by atoms with E-state index in [1.54, 1.807) is 6.20 Å². The molecule has 1 aliphatic carbocycles. The van der Waals surface area contributed by atoms with Crippen molar-refractivity contribution in [2.24, 2.45) is 11.7 Å². The molecule has 6 nitrogen and oxygen atoms in total. The fourth-order valence-corrected chi connectivity index (χ4v) is 4.41. The molecule has 6 heteroatoms. The molecule has 1 saturated heterocycles. The molecule has 2 aromatic heterocycles. The lowest BCUT2D eigenvalue weighted by Crippen LogP contribution is -2.47. The van der Waals surface area contributed by atoms with E-state index in [9.17, 15) is 9.90 Å². The summed E-state index contributed by atoms with van der Waals surface area (Å²) in [7, 11) is 0. The number of nitrogens with zero attached hydrogens (tertiary/aromatic N) is 3. The van der Waals surface area contributed by atoms with E-state index in [0.717, 1.165) is 62.5 Å². The number of pyridine rings is 1. The number of nitrogens with two attached hydrogens (primary N) is 1. The Kier molecular flexibility index (Phi) is 4.37. The fourth-order valence-electron chi connectivity index (χ4n) is 4.41. The van der Waals surface area contributed by atoms with Crippen molar-refractivity contribution in [3.8, 4) is 5.88 Å². The molecule has 0 bridgehead atoms. The summed E-state index contributed by atoms with van der Waals surface area (Å²) in [5.74, 6) is 0.665. The van der Waals surface area contributed by atoms with Gasteiger partial charge in [-0.1, -0.05) is 0 Å². The number of rotatable bonds is 3. The van der Waals surface area contributed by atoms with Gasteiger partial charge in [0.25, 0.3) is 0 Å². The Morgan fingerprint density at radius 2 is 1.96 bits per heavy atom. The first-order valence-electron chi connectivity index (χ1n) is 9.34. The zero-order valence-corrected chi connectivity index (χ0v) is 14.5. The Labute approximate surface area is 147 Å². The Bertz CT molecular complexity index is 758. The lowest BCUT2D eigenvalue weighted by molar-refractivity contribution is -0.133. The van der Waals surface area contributed by atoms with E-state index in [0.29, 0.717) is 5.88 Å². The SMILES string of the molecule is NC(C(=O)N1CCCC1)C1CCC(n2cc3ncccc3c2O)CC1. The number of aromatic nitrogens is 2. The van der Waals surface area contributed by atoms with Gasteiger partial charge in [0.2, 0.25) is 11.8 Å². The molecule has 0 spiro atoms. The van der Waals surface area contributed by atoms with Crippen molar-refractivity contribution < 1.29 is 9.90 Å². The van der Waals surface area contributed by atoms with Gasteiger partial charge < -0.3 is 20.3 Å². The Morgan fingerprint density at radius 3 is 2.64 bits per heavy atom. The van der Waals surface area contributed by atoms with Gasteiger partial charge in [0.1, 0.15) is 0 Å². The average molecular weight is 342 g/mol. The van der Waals surface area contributed by atoms with Crippen LogP contribution in [0.4, 0.5) is 0 Å². The second kappa shape index (κ2) is 6.67. The average Bonchev–Trinajstić information content (AvgIpc) is 3.30. The minimum absolute atomic E-state index is 0.125. The molecule has 1 saturated carbocycles. The van der Waals surface area contributed by atoms with Crippen molar-refractivity contribution in [1.82, 2.24) is 14.5 Å². The largest absolute Gasteiger partial charge is 0.494 e. The first-order chi connectivity index (χ1) is 12.1. The molecule has 2 fully saturated rings. The molecular weight excluding hydrogens is 316 g/mol. The second-order valence-electron chi connectivity index (χ2n) is 7.42. The summed E-state index contributed by atoms with van der Waals surface area (Å²) in [4.78, 5) is 18.8. The van der Waals surface area contributed by atoms with Gasteiger partial charge in [-0.2, -0.15) is 0 Å². The first kappa shape index (κ1) is 16.4. The lowest BCUT2D eigenvalue weighted by atomic mass is 9.81. The monoisotopic (exact) mass is 342 g/mol. The Hall–Kier alpha value is -2.08. The summed E-state index contributed by atoms with van der Waals surface area (Å²) < 4.78 is 1.95. The van der Waals surface area contributed by atoms with Crippen LogP contribution >= 0.6 is 0 Å². The number of aromatic hydroxyl groups is 1. The molecule has 2 aromatic rings. The maximum Gasteiger partial charge on any atom is 0.239 e. The van der Waals surface area contributed by atoms with E-state index in [4.69, 9.17) is 5.73 Å². The van der Waals surface area contributed by atoms with E-state index in [-0.39, 0.29) is 23.9 Å². The van der Waals surface area contributed by atoms with E-state index >= 15 is 0 Å². The molecule has 3 heterocycles. The number of likely N-dealkylation sites (tertiary alicyclic amines) is 1. The molecule has 25 heavy (non-hydrogen) atoms. The predicted molar refractivity (Wildman–Crippen MR) is 96.2 cm³/mol. The van der Waals surface area contributed by atoms with E-state index < -0.39 is 0 Å². The number of fused-ring (bicyclic) bond motifs is 1. The molecule has 4 rings (SSSR count). The van der Waals surface area contributed by atoms with Gasteiger partial charge in [-0.25, -0.2) is 0 Å². The fraction of sp³-hybridized carbons (Fsp3) is 0.579. The normalized spacial score (nSPS) is 25.4. The molecule has 3 N–H and O–H groups in total. The topological polar surface area (TPSA) is 84.4 Å². The standard InChI is InChI=1S/C19H26N4O2/c20-17(19(25)22-10-1-2-11-22)13-5-7-14(8-6-13)23-12-16-15(18(23)24)4-3-9-21-16/h3-4,9,12-14,17,24H,1-2,5-8,10-11,20H2. The van der Waals surface area contributed by atoms with Crippen LogP contribution in [0, 0.1) is 5.92 Å². The Morgan fingerprint density at radius 1 is 1.24 bits per heavy atom. The highest BCUT2D eigenvalue weighted by molar-refractivity contribution is 5.84. The summed E-state index contributed by atoms with van der Waals surface area (Å²) in [5.41, 5.74) is 7.11. The van der Waals surface area contributed by atoms with Crippen LogP contribution in [0.15, 0.2) is 24.5 Å². The van der Waals surface area contributed by atoms with Gasteiger partial charge in [-0.05, 0) is 56.6 Å². The third kappa shape index (κ3) is 2.99. The molecular formula is C19H26N4O2. The van der Waals surface area contributed by atoms with Crippen LogP contribution in [-0.4, -0.2) is 44.6 Å². The number of carbonyl (C=O) groups excluding carboxylic acids is 1. The molecule has 1 amide bonds. The Balaban J connectivity index is 1.42. The zero-order chi connectivity index (χ0) is 17.4. The van der Waals surface area contributed by atoms with Gasteiger partial charge in [-0.3, -0.25) is 9.78 Å². The third-order valence-corrected chi connectivity index (χ3v) is 5.93. The highest BCUT2D eigenvalue weighted by Gasteiger charge is 2.33. The molecule has 1 aliphatic heterocycles. The third-order valence-electron chi connectivity index (χ3n) is 5.93. The van der Waals surface area contributed by atoms with Gasteiger partial charge in [0.05, 0.1) is 16.9 Å².